The highest BCUT2D eigenvalue weighted by Crippen LogP contribution is 2.13. The molecule has 0 aliphatic carbocycles. The lowest BCUT2D eigenvalue weighted by Crippen LogP contribution is -2.41. The minimum absolute atomic E-state index is 0.273. The van der Waals surface area contributed by atoms with Gasteiger partial charge in [0.15, 0.2) is 12.2 Å². The van der Waals surface area contributed by atoms with Gasteiger partial charge in [-0.1, -0.05) is 6.08 Å². The van der Waals surface area contributed by atoms with Crippen molar-refractivity contribution in [2.75, 3.05) is 13.2 Å². The van der Waals surface area contributed by atoms with Gasteiger partial charge in [-0.25, -0.2) is 4.79 Å². The Morgan fingerprint density at radius 2 is 2.27 bits per heavy atom. The van der Waals surface area contributed by atoms with Gasteiger partial charge in [-0.2, -0.15) is 0 Å². The van der Waals surface area contributed by atoms with Crippen LogP contribution < -0.4 is 0 Å². The molecule has 2 atom stereocenters. The maximum Gasteiger partial charge on any atom is 0.339 e. The molecule has 84 valence electrons. The second-order valence-corrected chi connectivity index (χ2v) is 3.01. The number of hydrogen-bond donors (Lipinski definition) is 0. The van der Waals surface area contributed by atoms with E-state index in [4.69, 9.17) is 14.2 Å². The maximum atomic E-state index is 11.4. The third-order valence-corrected chi connectivity index (χ3v) is 1.82. The van der Waals surface area contributed by atoms with E-state index in [0.717, 1.165) is 0 Å². The fraction of sp³-hybridized carbons (Fsp3) is 0.600. The predicted molar refractivity (Wildman–Crippen MR) is 51.1 cm³/mol. The van der Waals surface area contributed by atoms with Crippen LogP contribution in [0.2, 0.25) is 0 Å². The zero-order chi connectivity index (χ0) is 11.3. The van der Waals surface area contributed by atoms with Crippen LogP contribution in [0.5, 0.6) is 0 Å². The molecule has 0 saturated heterocycles. The van der Waals surface area contributed by atoms with Crippen LogP contribution in [0.15, 0.2) is 12.2 Å². The van der Waals surface area contributed by atoms with Gasteiger partial charge in [-0.05, 0) is 13.0 Å². The van der Waals surface area contributed by atoms with Crippen molar-refractivity contribution in [1.29, 1.82) is 0 Å². The first kappa shape index (κ1) is 11.7. The predicted octanol–water partition coefficient (Wildman–Crippen LogP) is 0.436. The van der Waals surface area contributed by atoms with Crippen molar-refractivity contribution < 1.29 is 23.8 Å². The Morgan fingerprint density at radius 1 is 1.53 bits per heavy atom. The van der Waals surface area contributed by atoms with E-state index >= 15 is 0 Å². The molecule has 5 heteroatoms. The van der Waals surface area contributed by atoms with Crippen molar-refractivity contribution in [3.8, 4) is 0 Å². The third kappa shape index (κ3) is 3.36. The van der Waals surface area contributed by atoms with Crippen LogP contribution in [-0.2, 0) is 23.8 Å². The SMILES string of the molecule is CCOC(=O)[C@@H]1OCC=C[C@@H]1OC(C)=O. The Hall–Kier alpha value is -1.36. The Morgan fingerprint density at radius 3 is 2.87 bits per heavy atom. The molecular formula is C10H14O5. The lowest BCUT2D eigenvalue weighted by molar-refractivity contribution is -0.169. The van der Waals surface area contributed by atoms with E-state index in [0.29, 0.717) is 6.61 Å². The summed E-state index contributed by atoms with van der Waals surface area (Å²) in [5.41, 5.74) is 0. The van der Waals surface area contributed by atoms with Crippen molar-refractivity contribution in [3.05, 3.63) is 12.2 Å². The summed E-state index contributed by atoms with van der Waals surface area (Å²) in [7, 11) is 0. The molecule has 0 fully saturated rings. The zero-order valence-electron chi connectivity index (χ0n) is 8.76. The van der Waals surface area contributed by atoms with Crippen molar-refractivity contribution in [2.24, 2.45) is 0 Å². The number of carbonyl (C=O) groups is 2. The lowest BCUT2D eigenvalue weighted by atomic mass is 10.1. The summed E-state index contributed by atoms with van der Waals surface area (Å²) in [6.45, 7) is 3.58. The number of esters is 2. The molecule has 5 nitrogen and oxygen atoms in total. The lowest BCUT2D eigenvalue weighted by Gasteiger charge is -2.25. The van der Waals surface area contributed by atoms with Gasteiger partial charge in [-0.3, -0.25) is 4.79 Å². The van der Waals surface area contributed by atoms with E-state index in [1.165, 1.54) is 6.92 Å². The highest BCUT2D eigenvalue weighted by Gasteiger charge is 2.32. The topological polar surface area (TPSA) is 61.8 Å². The standard InChI is InChI=1S/C10H14O5/c1-3-13-10(12)9-8(15-7(2)11)5-4-6-14-9/h4-5,8-9H,3,6H2,1-2H3/t8-,9+/m0/s1. The minimum Gasteiger partial charge on any atom is -0.464 e. The van der Waals surface area contributed by atoms with Crippen LogP contribution in [0.25, 0.3) is 0 Å². The molecule has 0 unspecified atom stereocenters. The van der Waals surface area contributed by atoms with Gasteiger partial charge in [0.1, 0.15) is 0 Å². The van der Waals surface area contributed by atoms with Crippen molar-refractivity contribution in [2.45, 2.75) is 26.1 Å². The summed E-state index contributed by atoms with van der Waals surface area (Å²) in [5.74, 6) is -0.961. The van der Waals surface area contributed by atoms with Crippen LogP contribution in [0.1, 0.15) is 13.8 Å². The second-order valence-electron chi connectivity index (χ2n) is 3.01. The van der Waals surface area contributed by atoms with Crippen LogP contribution in [0.4, 0.5) is 0 Å². The normalized spacial score (nSPS) is 24.7. The summed E-state index contributed by atoms with van der Waals surface area (Å²) in [4.78, 5) is 22.2. The highest BCUT2D eigenvalue weighted by atomic mass is 16.6. The molecule has 1 aliphatic rings. The molecular weight excluding hydrogens is 200 g/mol. The van der Waals surface area contributed by atoms with Crippen molar-refractivity contribution in [1.82, 2.24) is 0 Å². The molecule has 0 aromatic heterocycles. The van der Waals surface area contributed by atoms with Gasteiger partial charge in [0.2, 0.25) is 0 Å². The van der Waals surface area contributed by atoms with E-state index in [2.05, 4.69) is 0 Å². The first-order valence-electron chi connectivity index (χ1n) is 4.77. The van der Waals surface area contributed by atoms with Gasteiger partial charge in [0, 0.05) is 6.92 Å². The third-order valence-electron chi connectivity index (χ3n) is 1.82. The molecule has 0 radical (unpaired) electrons. The molecule has 0 aromatic rings. The number of carbonyl (C=O) groups excluding carboxylic acids is 2. The number of ether oxygens (including phenoxy) is 3. The van der Waals surface area contributed by atoms with Crippen molar-refractivity contribution >= 4 is 11.9 Å². The quantitative estimate of drug-likeness (QED) is 0.503. The molecule has 0 saturated carbocycles. The Kier molecular flexibility index (Phi) is 4.30. The van der Waals surface area contributed by atoms with E-state index in [9.17, 15) is 9.59 Å². The molecule has 1 heterocycles. The van der Waals surface area contributed by atoms with E-state index in [1.54, 1.807) is 19.1 Å². The van der Waals surface area contributed by atoms with Crippen LogP contribution in [-0.4, -0.2) is 37.4 Å². The Labute approximate surface area is 88.0 Å². The van der Waals surface area contributed by atoms with E-state index in [-0.39, 0.29) is 6.61 Å². The largest absolute Gasteiger partial charge is 0.464 e. The molecule has 0 aromatic carbocycles. The van der Waals surface area contributed by atoms with Gasteiger partial charge in [-0.15, -0.1) is 0 Å². The Bertz CT molecular complexity index is 271. The zero-order valence-corrected chi connectivity index (χ0v) is 8.76. The molecule has 0 N–H and O–H groups in total. The molecule has 15 heavy (non-hydrogen) atoms. The van der Waals surface area contributed by atoms with Gasteiger partial charge < -0.3 is 14.2 Å². The second kappa shape index (κ2) is 5.50. The number of rotatable bonds is 3. The number of hydrogen-bond acceptors (Lipinski definition) is 5. The van der Waals surface area contributed by atoms with Crippen LogP contribution in [0, 0.1) is 0 Å². The first-order chi connectivity index (χ1) is 7.15. The van der Waals surface area contributed by atoms with Crippen LogP contribution >= 0.6 is 0 Å². The summed E-state index contributed by atoms with van der Waals surface area (Å²) in [5, 5.41) is 0. The van der Waals surface area contributed by atoms with E-state index in [1.807, 2.05) is 0 Å². The summed E-state index contributed by atoms with van der Waals surface area (Å²) in [6.07, 6.45) is 1.80. The molecule has 0 amide bonds. The van der Waals surface area contributed by atoms with Gasteiger partial charge in [0.25, 0.3) is 0 Å². The summed E-state index contributed by atoms with van der Waals surface area (Å²) >= 11 is 0. The highest BCUT2D eigenvalue weighted by molar-refractivity contribution is 5.77. The average molecular weight is 214 g/mol. The van der Waals surface area contributed by atoms with Crippen LogP contribution in [0.3, 0.4) is 0 Å². The Balaban J connectivity index is 2.63. The summed E-state index contributed by atoms with van der Waals surface area (Å²) < 4.78 is 14.9. The average Bonchev–Trinajstić information content (AvgIpc) is 2.18. The molecule has 0 bridgehead atoms. The monoisotopic (exact) mass is 214 g/mol. The molecule has 1 rings (SSSR count). The fourth-order valence-electron chi connectivity index (χ4n) is 1.26. The molecule has 1 aliphatic heterocycles. The van der Waals surface area contributed by atoms with Gasteiger partial charge in [0.05, 0.1) is 13.2 Å². The van der Waals surface area contributed by atoms with Crippen molar-refractivity contribution in [3.63, 3.8) is 0 Å². The minimum atomic E-state index is -0.848. The smallest absolute Gasteiger partial charge is 0.339 e. The van der Waals surface area contributed by atoms with Gasteiger partial charge >= 0.3 is 11.9 Å². The molecule has 0 spiro atoms. The van der Waals surface area contributed by atoms with E-state index < -0.39 is 24.1 Å². The maximum absolute atomic E-state index is 11.4. The fourth-order valence-corrected chi connectivity index (χ4v) is 1.26. The first-order valence-corrected chi connectivity index (χ1v) is 4.77. The summed E-state index contributed by atoms with van der Waals surface area (Å²) in [6, 6.07) is 0.